The molecule has 0 heterocycles. The number of amides is 1. The Balaban J connectivity index is 1.48. The minimum atomic E-state index is -0.617. The van der Waals surface area contributed by atoms with Gasteiger partial charge in [0.2, 0.25) is 0 Å². The standard InChI is InChI=1S/C23H20N2O4/c1-28-22(26)14-10-15(24)12-16(11-14)25-23(27)29-13-21-19-8-4-2-6-17(19)18-7-3-5-9-20(18)21/h2-12,21H,13,24H2,1H3,(H,25,27). The lowest BCUT2D eigenvalue weighted by Gasteiger charge is -2.15. The Morgan fingerprint density at radius 2 is 1.59 bits per heavy atom. The number of benzene rings is 3. The van der Waals surface area contributed by atoms with Gasteiger partial charge in [0.1, 0.15) is 6.61 Å². The van der Waals surface area contributed by atoms with Crippen LogP contribution in [-0.4, -0.2) is 25.8 Å². The van der Waals surface area contributed by atoms with Gasteiger partial charge in [0.05, 0.1) is 12.7 Å². The van der Waals surface area contributed by atoms with Crippen LogP contribution < -0.4 is 11.1 Å². The summed E-state index contributed by atoms with van der Waals surface area (Å²) < 4.78 is 10.2. The molecule has 1 amide bonds. The quantitative estimate of drug-likeness (QED) is 0.510. The van der Waals surface area contributed by atoms with Crippen molar-refractivity contribution in [2.75, 3.05) is 24.8 Å². The molecule has 0 radical (unpaired) electrons. The zero-order chi connectivity index (χ0) is 20.4. The molecule has 146 valence electrons. The van der Waals surface area contributed by atoms with Gasteiger partial charge >= 0.3 is 12.1 Å². The summed E-state index contributed by atoms with van der Waals surface area (Å²) in [5.74, 6) is -0.562. The van der Waals surface area contributed by atoms with Crippen LogP contribution in [0.3, 0.4) is 0 Å². The number of rotatable bonds is 4. The summed E-state index contributed by atoms with van der Waals surface area (Å²) >= 11 is 0. The molecule has 3 aromatic carbocycles. The number of fused-ring (bicyclic) bond motifs is 3. The van der Waals surface area contributed by atoms with Crippen LogP contribution in [0.1, 0.15) is 27.4 Å². The van der Waals surface area contributed by atoms with E-state index in [1.165, 1.54) is 19.2 Å². The Hall–Kier alpha value is -3.80. The van der Waals surface area contributed by atoms with Crippen LogP contribution in [0.2, 0.25) is 0 Å². The van der Waals surface area contributed by atoms with E-state index in [1.54, 1.807) is 6.07 Å². The molecule has 3 aromatic rings. The number of hydrogen-bond acceptors (Lipinski definition) is 5. The van der Waals surface area contributed by atoms with E-state index in [1.807, 2.05) is 24.3 Å². The molecular weight excluding hydrogens is 368 g/mol. The molecule has 0 saturated carbocycles. The maximum absolute atomic E-state index is 12.4. The minimum absolute atomic E-state index is 0.0281. The van der Waals surface area contributed by atoms with Gasteiger partial charge in [-0.1, -0.05) is 48.5 Å². The average Bonchev–Trinajstić information content (AvgIpc) is 3.05. The van der Waals surface area contributed by atoms with Gasteiger partial charge in [0.25, 0.3) is 0 Å². The second-order valence-electron chi connectivity index (χ2n) is 6.79. The molecule has 0 bridgehead atoms. The lowest BCUT2D eigenvalue weighted by Crippen LogP contribution is -2.18. The van der Waals surface area contributed by atoms with E-state index in [0.29, 0.717) is 11.4 Å². The summed E-state index contributed by atoms with van der Waals surface area (Å²) in [7, 11) is 1.28. The first-order chi connectivity index (χ1) is 14.1. The molecule has 29 heavy (non-hydrogen) atoms. The first kappa shape index (κ1) is 18.6. The number of ether oxygens (including phenoxy) is 2. The number of nitrogens with two attached hydrogens (primary N) is 1. The fourth-order valence-electron chi connectivity index (χ4n) is 3.71. The van der Waals surface area contributed by atoms with Crippen molar-refractivity contribution < 1.29 is 19.1 Å². The van der Waals surface area contributed by atoms with E-state index in [2.05, 4.69) is 29.6 Å². The molecule has 0 aliphatic heterocycles. The molecule has 3 N–H and O–H groups in total. The zero-order valence-corrected chi connectivity index (χ0v) is 15.8. The van der Waals surface area contributed by atoms with Crippen LogP contribution in [0.15, 0.2) is 66.7 Å². The number of nitrogen functional groups attached to an aromatic ring is 1. The van der Waals surface area contributed by atoms with Gasteiger partial charge in [0.15, 0.2) is 0 Å². The fraction of sp³-hybridized carbons (Fsp3) is 0.130. The number of methoxy groups -OCH3 is 1. The molecule has 0 unspecified atom stereocenters. The van der Waals surface area contributed by atoms with Gasteiger partial charge in [-0.05, 0) is 40.5 Å². The SMILES string of the molecule is COC(=O)c1cc(N)cc(NC(=O)OCC2c3ccccc3-c3ccccc32)c1. The predicted octanol–water partition coefficient (Wildman–Crippen LogP) is 4.42. The molecule has 0 atom stereocenters. The molecule has 1 aliphatic carbocycles. The van der Waals surface area contributed by atoms with Crippen molar-refractivity contribution in [3.8, 4) is 11.1 Å². The maximum Gasteiger partial charge on any atom is 0.411 e. The van der Waals surface area contributed by atoms with Gasteiger partial charge in [-0.15, -0.1) is 0 Å². The molecule has 0 saturated heterocycles. The molecule has 6 heteroatoms. The Labute approximate surface area is 168 Å². The van der Waals surface area contributed by atoms with Crippen molar-refractivity contribution in [1.82, 2.24) is 0 Å². The van der Waals surface area contributed by atoms with E-state index in [4.69, 9.17) is 15.2 Å². The van der Waals surface area contributed by atoms with Crippen molar-refractivity contribution in [3.05, 3.63) is 83.4 Å². The molecule has 1 aliphatic rings. The van der Waals surface area contributed by atoms with Crippen molar-refractivity contribution in [1.29, 1.82) is 0 Å². The normalized spacial score (nSPS) is 12.0. The van der Waals surface area contributed by atoms with Crippen molar-refractivity contribution in [2.45, 2.75) is 5.92 Å². The zero-order valence-electron chi connectivity index (χ0n) is 15.8. The second-order valence-corrected chi connectivity index (χ2v) is 6.79. The Kier molecular flexibility index (Phi) is 4.91. The number of esters is 1. The van der Waals surface area contributed by atoms with Gasteiger partial charge < -0.3 is 15.2 Å². The van der Waals surface area contributed by atoms with Crippen LogP contribution in [0.5, 0.6) is 0 Å². The van der Waals surface area contributed by atoms with E-state index < -0.39 is 12.1 Å². The van der Waals surface area contributed by atoms with Gasteiger partial charge in [-0.3, -0.25) is 5.32 Å². The van der Waals surface area contributed by atoms with Gasteiger partial charge in [-0.25, -0.2) is 9.59 Å². The smallest absolute Gasteiger partial charge is 0.411 e. The third-order valence-electron chi connectivity index (χ3n) is 4.97. The van der Waals surface area contributed by atoms with Crippen LogP contribution in [-0.2, 0) is 9.47 Å². The van der Waals surface area contributed by atoms with E-state index in [0.717, 1.165) is 22.3 Å². The second kappa shape index (κ2) is 7.67. The van der Waals surface area contributed by atoms with Crippen LogP contribution in [0, 0.1) is 0 Å². The molecular formula is C23H20N2O4. The van der Waals surface area contributed by atoms with Gasteiger partial charge in [0, 0.05) is 17.3 Å². The molecule has 0 aromatic heterocycles. The van der Waals surface area contributed by atoms with Crippen LogP contribution in [0.25, 0.3) is 11.1 Å². The summed E-state index contributed by atoms with van der Waals surface area (Å²) in [5.41, 5.74) is 11.4. The predicted molar refractivity (Wildman–Crippen MR) is 111 cm³/mol. The lowest BCUT2D eigenvalue weighted by atomic mass is 9.98. The highest BCUT2D eigenvalue weighted by atomic mass is 16.5. The average molecular weight is 388 g/mol. The van der Waals surface area contributed by atoms with Crippen molar-refractivity contribution in [2.24, 2.45) is 0 Å². The van der Waals surface area contributed by atoms with Crippen LogP contribution >= 0.6 is 0 Å². The third kappa shape index (κ3) is 3.65. The number of carbonyl (C=O) groups excluding carboxylic acids is 2. The first-order valence-corrected chi connectivity index (χ1v) is 9.17. The van der Waals surface area contributed by atoms with E-state index in [-0.39, 0.29) is 18.1 Å². The molecule has 0 spiro atoms. The minimum Gasteiger partial charge on any atom is -0.465 e. The third-order valence-corrected chi connectivity index (χ3v) is 4.97. The highest BCUT2D eigenvalue weighted by molar-refractivity contribution is 5.94. The number of nitrogens with one attached hydrogen (secondary N) is 1. The van der Waals surface area contributed by atoms with Crippen molar-refractivity contribution >= 4 is 23.4 Å². The first-order valence-electron chi connectivity index (χ1n) is 9.17. The van der Waals surface area contributed by atoms with Crippen LogP contribution in [0.4, 0.5) is 16.2 Å². The highest BCUT2D eigenvalue weighted by Crippen LogP contribution is 2.44. The van der Waals surface area contributed by atoms with Crippen molar-refractivity contribution in [3.63, 3.8) is 0 Å². The number of anilines is 2. The lowest BCUT2D eigenvalue weighted by molar-refractivity contribution is 0.0600. The summed E-state index contributed by atoms with van der Waals surface area (Å²) in [6.45, 7) is 0.200. The number of carbonyl (C=O) groups is 2. The summed E-state index contributed by atoms with van der Waals surface area (Å²) in [6, 6.07) is 20.8. The topological polar surface area (TPSA) is 90.6 Å². The Bertz CT molecular complexity index is 1050. The fourth-order valence-corrected chi connectivity index (χ4v) is 3.71. The van der Waals surface area contributed by atoms with E-state index in [9.17, 15) is 9.59 Å². The van der Waals surface area contributed by atoms with Gasteiger partial charge in [-0.2, -0.15) is 0 Å². The maximum atomic E-state index is 12.4. The highest BCUT2D eigenvalue weighted by Gasteiger charge is 2.29. The molecule has 0 fully saturated rings. The summed E-state index contributed by atoms with van der Waals surface area (Å²) in [6.07, 6.45) is -0.617. The van der Waals surface area contributed by atoms with E-state index >= 15 is 0 Å². The largest absolute Gasteiger partial charge is 0.465 e. The Morgan fingerprint density at radius 3 is 2.21 bits per heavy atom. The molecule has 4 rings (SSSR count). The number of hydrogen-bond donors (Lipinski definition) is 2. The Morgan fingerprint density at radius 1 is 0.966 bits per heavy atom. The summed E-state index contributed by atoms with van der Waals surface area (Å²) in [5, 5.41) is 2.63. The monoisotopic (exact) mass is 388 g/mol. The molecule has 6 nitrogen and oxygen atoms in total. The summed E-state index contributed by atoms with van der Waals surface area (Å²) in [4.78, 5) is 24.1.